The Morgan fingerprint density at radius 2 is 2.15 bits per heavy atom. The van der Waals surface area contributed by atoms with E-state index in [1.807, 2.05) is 0 Å². The second kappa shape index (κ2) is 5.02. The summed E-state index contributed by atoms with van der Waals surface area (Å²) >= 11 is 6.27. The fraction of sp³-hybridized carbons (Fsp3) is 0. The van der Waals surface area contributed by atoms with Crippen molar-refractivity contribution >= 4 is 41.0 Å². The highest BCUT2D eigenvalue weighted by molar-refractivity contribution is 7.98. The Hall–Kier alpha value is -2.26. The van der Waals surface area contributed by atoms with Crippen LogP contribution < -0.4 is 0 Å². The van der Waals surface area contributed by atoms with E-state index in [4.69, 9.17) is 12.2 Å². The van der Waals surface area contributed by atoms with Gasteiger partial charge >= 0.3 is 0 Å². The van der Waals surface area contributed by atoms with Crippen LogP contribution >= 0.6 is 24.2 Å². The first-order valence-corrected chi connectivity index (χ1v) is 6.67. The predicted molar refractivity (Wildman–Crippen MR) is 77.1 cm³/mol. The van der Waals surface area contributed by atoms with Gasteiger partial charge in [-0.1, -0.05) is 24.4 Å². The van der Waals surface area contributed by atoms with Crippen molar-refractivity contribution in [3.8, 4) is 0 Å². The van der Waals surface area contributed by atoms with Crippen LogP contribution in [0.15, 0.2) is 41.8 Å². The van der Waals surface area contributed by atoms with E-state index in [-0.39, 0.29) is 5.69 Å². The minimum atomic E-state index is -0.411. The maximum Gasteiger partial charge on any atom is 0.284 e. The van der Waals surface area contributed by atoms with Crippen molar-refractivity contribution in [3.63, 3.8) is 0 Å². The van der Waals surface area contributed by atoms with Crippen molar-refractivity contribution in [2.24, 2.45) is 0 Å². The van der Waals surface area contributed by atoms with Gasteiger partial charge in [0.25, 0.3) is 5.69 Å². The van der Waals surface area contributed by atoms with Crippen molar-refractivity contribution in [1.82, 2.24) is 18.9 Å². The molecule has 0 spiro atoms. The van der Waals surface area contributed by atoms with Crippen LogP contribution in [-0.4, -0.2) is 23.8 Å². The zero-order valence-electron chi connectivity index (χ0n) is 9.89. The molecule has 100 valence electrons. The molecule has 0 radical (unpaired) electrons. The molecule has 2 heterocycles. The molecule has 0 atom stereocenters. The number of nitro benzene ring substituents is 1. The van der Waals surface area contributed by atoms with Crippen molar-refractivity contribution < 1.29 is 4.92 Å². The van der Waals surface area contributed by atoms with E-state index in [1.54, 1.807) is 28.5 Å². The smallest absolute Gasteiger partial charge is 0.284 e. The van der Waals surface area contributed by atoms with Gasteiger partial charge in [0.05, 0.1) is 11.3 Å². The largest absolute Gasteiger partial charge is 0.330 e. The first-order valence-electron chi connectivity index (χ1n) is 5.49. The molecule has 2 aromatic heterocycles. The number of hydrogen-bond donors (Lipinski definition) is 1. The molecule has 3 aromatic rings. The van der Waals surface area contributed by atoms with Crippen LogP contribution in [0.5, 0.6) is 0 Å². The van der Waals surface area contributed by atoms with Crippen LogP contribution in [0.25, 0.3) is 11.2 Å². The Morgan fingerprint density at radius 1 is 1.35 bits per heavy atom. The van der Waals surface area contributed by atoms with Gasteiger partial charge in [-0.25, -0.2) is 9.97 Å². The highest BCUT2D eigenvalue weighted by Gasteiger charge is 2.15. The number of imidazole rings is 1. The predicted octanol–water partition coefficient (Wildman–Crippen LogP) is 2.95. The van der Waals surface area contributed by atoms with E-state index >= 15 is 0 Å². The number of nitrogens with one attached hydrogen (secondary N) is 1. The van der Waals surface area contributed by atoms with Gasteiger partial charge in [-0.3, -0.25) is 14.1 Å². The molecule has 0 saturated heterocycles. The zero-order valence-corrected chi connectivity index (χ0v) is 11.5. The monoisotopic (exact) mass is 305 g/mol. The number of rotatable bonds is 3. The Bertz CT molecular complexity index is 857. The van der Waals surface area contributed by atoms with Gasteiger partial charge < -0.3 is 4.98 Å². The number of fused-ring (bicyclic) bond motifs is 1. The molecule has 20 heavy (non-hydrogen) atoms. The van der Waals surface area contributed by atoms with E-state index < -0.39 is 4.92 Å². The molecule has 1 N–H and O–H groups in total. The van der Waals surface area contributed by atoms with Gasteiger partial charge in [0, 0.05) is 18.0 Å². The lowest BCUT2D eigenvalue weighted by molar-refractivity contribution is -0.387. The van der Waals surface area contributed by atoms with Gasteiger partial charge in [0.2, 0.25) is 0 Å². The van der Waals surface area contributed by atoms with E-state index in [0.717, 1.165) is 0 Å². The van der Waals surface area contributed by atoms with Crippen molar-refractivity contribution in [2.75, 3.05) is 0 Å². The molecule has 3 rings (SSSR count). The van der Waals surface area contributed by atoms with Crippen LogP contribution in [0.1, 0.15) is 0 Å². The highest BCUT2D eigenvalue weighted by atomic mass is 32.2. The van der Waals surface area contributed by atoms with Gasteiger partial charge in [-0.05, 0) is 6.07 Å². The molecular weight excluding hydrogens is 298 g/mol. The lowest BCUT2D eigenvalue weighted by atomic mass is 10.3. The Balaban J connectivity index is 2.09. The average Bonchev–Trinajstić information content (AvgIpc) is 2.84. The molecule has 7 nitrogen and oxygen atoms in total. The number of aromatic nitrogens is 4. The quantitative estimate of drug-likeness (QED) is 0.454. The number of aromatic amines is 1. The molecule has 0 fully saturated rings. The van der Waals surface area contributed by atoms with E-state index in [1.165, 1.54) is 24.3 Å². The zero-order chi connectivity index (χ0) is 14.1. The maximum absolute atomic E-state index is 11.0. The summed E-state index contributed by atoms with van der Waals surface area (Å²) in [6.07, 6.45) is 3.03. The summed E-state index contributed by atoms with van der Waals surface area (Å²) in [5.74, 6) is 0. The van der Waals surface area contributed by atoms with Crippen LogP contribution in [-0.2, 0) is 0 Å². The number of nitro groups is 1. The van der Waals surface area contributed by atoms with Crippen molar-refractivity contribution in [3.05, 3.63) is 51.7 Å². The summed E-state index contributed by atoms with van der Waals surface area (Å²) in [4.78, 5) is 22.2. The molecule has 0 amide bonds. The van der Waals surface area contributed by atoms with E-state index in [0.29, 0.717) is 20.7 Å². The second-order valence-electron chi connectivity index (χ2n) is 3.79. The average molecular weight is 305 g/mol. The first-order chi connectivity index (χ1) is 9.66. The van der Waals surface area contributed by atoms with Gasteiger partial charge in [0.1, 0.15) is 16.7 Å². The summed E-state index contributed by atoms with van der Waals surface area (Å²) in [5.41, 5.74) is 1.27. The van der Waals surface area contributed by atoms with Crippen molar-refractivity contribution in [1.29, 1.82) is 0 Å². The molecule has 0 aliphatic rings. The van der Waals surface area contributed by atoms with Gasteiger partial charge in [-0.2, -0.15) is 0 Å². The third-order valence-corrected chi connectivity index (χ3v) is 3.89. The Kier molecular flexibility index (Phi) is 3.20. The lowest BCUT2D eigenvalue weighted by Crippen LogP contribution is -1.93. The number of para-hydroxylation sites is 1. The summed E-state index contributed by atoms with van der Waals surface area (Å²) in [7, 11) is 0. The molecule has 0 saturated carbocycles. The fourth-order valence-electron chi connectivity index (χ4n) is 1.70. The van der Waals surface area contributed by atoms with Gasteiger partial charge in [0.15, 0.2) is 10.3 Å². The maximum atomic E-state index is 11.0. The van der Waals surface area contributed by atoms with Crippen LogP contribution in [0.2, 0.25) is 0 Å². The molecule has 0 aliphatic heterocycles. The normalized spacial score (nSPS) is 10.8. The lowest BCUT2D eigenvalue weighted by Gasteiger charge is -2.03. The van der Waals surface area contributed by atoms with Crippen LogP contribution in [0.3, 0.4) is 0 Å². The molecule has 1 aromatic carbocycles. The van der Waals surface area contributed by atoms with Crippen LogP contribution in [0.4, 0.5) is 5.69 Å². The fourth-order valence-corrected chi connectivity index (χ4v) is 2.81. The molecular formula is C11H7N5O2S2. The van der Waals surface area contributed by atoms with E-state index in [9.17, 15) is 10.1 Å². The first kappa shape index (κ1) is 12.8. The molecule has 0 aliphatic carbocycles. The minimum Gasteiger partial charge on any atom is -0.330 e. The van der Waals surface area contributed by atoms with Gasteiger partial charge in [-0.15, -0.1) is 0 Å². The number of benzene rings is 1. The molecule has 0 unspecified atom stereocenters. The summed E-state index contributed by atoms with van der Waals surface area (Å²) < 4.78 is 2.08. The summed E-state index contributed by atoms with van der Waals surface area (Å²) in [5, 5.41) is 11.0. The summed E-state index contributed by atoms with van der Waals surface area (Å²) in [6.45, 7) is 0. The number of nitrogens with zero attached hydrogens (tertiary/aromatic N) is 4. The van der Waals surface area contributed by atoms with Crippen LogP contribution in [0, 0.1) is 14.8 Å². The highest BCUT2D eigenvalue weighted by Crippen LogP contribution is 2.31. The standard InChI is InChI=1S/C11H7N5O2S2/c17-16(18)7-3-1-2-4-8(7)20-15-6-14-9-10(15)12-5-13-11(9)19/h1-6H,(H,12,13,19). The topological polar surface area (TPSA) is 89.6 Å². The molecule has 9 heteroatoms. The Labute approximate surface area is 122 Å². The minimum absolute atomic E-state index is 0.0482. The van der Waals surface area contributed by atoms with Crippen molar-refractivity contribution in [2.45, 2.75) is 4.90 Å². The summed E-state index contributed by atoms with van der Waals surface area (Å²) in [6, 6.07) is 6.53. The number of hydrogen-bond acceptors (Lipinski definition) is 6. The third-order valence-electron chi connectivity index (χ3n) is 2.58. The molecule has 0 bridgehead atoms. The Morgan fingerprint density at radius 3 is 2.95 bits per heavy atom. The third kappa shape index (κ3) is 2.17. The SMILES string of the molecule is O=[N+]([O-])c1ccccc1Sn1cnc2c(=S)nc[nH]c21. The number of H-pyrrole nitrogens is 1. The second-order valence-corrected chi connectivity index (χ2v) is 5.19. The van der Waals surface area contributed by atoms with E-state index in [2.05, 4.69) is 15.0 Å².